The Morgan fingerprint density at radius 1 is 1.27 bits per heavy atom. The van der Waals surface area contributed by atoms with Crippen LogP contribution in [-0.2, 0) is 16.1 Å². The van der Waals surface area contributed by atoms with E-state index in [4.69, 9.17) is 0 Å². The molecule has 7 heteroatoms. The summed E-state index contributed by atoms with van der Waals surface area (Å²) in [6, 6.07) is 3.60. The average Bonchev–Trinajstić information content (AvgIpc) is 3.00. The minimum absolute atomic E-state index is 0.0766. The summed E-state index contributed by atoms with van der Waals surface area (Å²) in [5.74, 6) is -0.203. The fourth-order valence-corrected chi connectivity index (χ4v) is 4.57. The van der Waals surface area contributed by atoms with Crippen LogP contribution >= 0.6 is 0 Å². The predicted molar refractivity (Wildman–Crippen MR) is 95.0 cm³/mol. The van der Waals surface area contributed by atoms with Crippen LogP contribution in [0, 0.1) is 0 Å². The van der Waals surface area contributed by atoms with Gasteiger partial charge in [0.2, 0.25) is 5.91 Å². The molecule has 4 heterocycles. The molecule has 140 valence electrons. The van der Waals surface area contributed by atoms with E-state index in [1.807, 2.05) is 17.0 Å². The topological polar surface area (TPSA) is 77.0 Å². The molecule has 1 aromatic heterocycles. The SMILES string of the molecule is CCCCN1C(=O)C2CC(O)CN2C2(CN(Cc3ccncc3)C2)C1=O. The molecule has 1 spiro atoms. The van der Waals surface area contributed by atoms with E-state index < -0.39 is 11.6 Å². The molecule has 0 aromatic carbocycles. The molecular weight excluding hydrogens is 332 g/mol. The highest BCUT2D eigenvalue weighted by Gasteiger charge is 2.63. The normalized spacial score (nSPS) is 28.5. The number of β-amino-alcohol motifs (C(OH)–C–C–N with tert-alkyl or cyclic N) is 1. The zero-order chi connectivity index (χ0) is 18.3. The number of unbranched alkanes of at least 4 members (excludes halogenated alkanes) is 1. The average molecular weight is 358 g/mol. The highest BCUT2D eigenvalue weighted by Crippen LogP contribution is 2.40. The summed E-state index contributed by atoms with van der Waals surface area (Å²) >= 11 is 0. The minimum Gasteiger partial charge on any atom is -0.392 e. The summed E-state index contributed by atoms with van der Waals surface area (Å²) in [7, 11) is 0. The summed E-state index contributed by atoms with van der Waals surface area (Å²) in [4.78, 5) is 35.7. The summed E-state index contributed by atoms with van der Waals surface area (Å²) in [5, 5.41) is 10.1. The van der Waals surface area contributed by atoms with Crippen LogP contribution in [0.1, 0.15) is 31.7 Å². The maximum Gasteiger partial charge on any atom is 0.252 e. The van der Waals surface area contributed by atoms with Crippen molar-refractivity contribution in [3.63, 3.8) is 0 Å². The molecule has 26 heavy (non-hydrogen) atoms. The van der Waals surface area contributed by atoms with Gasteiger partial charge in [0.15, 0.2) is 0 Å². The van der Waals surface area contributed by atoms with E-state index in [1.165, 1.54) is 4.90 Å². The van der Waals surface area contributed by atoms with Crippen LogP contribution < -0.4 is 0 Å². The Balaban J connectivity index is 1.54. The monoisotopic (exact) mass is 358 g/mol. The number of likely N-dealkylation sites (tertiary alicyclic amines) is 1. The lowest BCUT2D eigenvalue weighted by molar-refractivity contribution is -0.180. The van der Waals surface area contributed by atoms with Gasteiger partial charge in [-0.2, -0.15) is 0 Å². The second kappa shape index (κ2) is 6.72. The third-order valence-electron chi connectivity index (χ3n) is 5.88. The van der Waals surface area contributed by atoms with Crippen molar-refractivity contribution in [3.05, 3.63) is 30.1 Å². The molecule has 4 rings (SSSR count). The Morgan fingerprint density at radius 3 is 2.69 bits per heavy atom. The number of carbonyl (C=O) groups excluding carboxylic acids is 2. The first-order valence-electron chi connectivity index (χ1n) is 9.47. The first kappa shape index (κ1) is 17.6. The van der Waals surface area contributed by atoms with Crippen molar-refractivity contribution in [2.24, 2.45) is 0 Å². The van der Waals surface area contributed by atoms with Gasteiger partial charge in [0, 0.05) is 45.1 Å². The van der Waals surface area contributed by atoms with Gasteiger partial charge in [-0.1, -0.05) is 13.3 Å². The number of carbonyl (C=O) groups is 2. The van der Waals surface area contributed by atoms with Gasteiger partial charge in [-0.25, -0.2) is 0 Å². The minimum atomic E-state index is -0.656. The van der Waals surface area contributed by atoms with Crippen LogP contribution in [0.4, 0.5) is 0 Å². The molecule has 1 aromatic rings. The molecule has 0 radical (unpaired) electrons. The molecule has 2 amide bonds. The van der Waals surface area contributed by atoms with Crippen molar-refractivity contribution in [1.82, 2.24) is 19.7 Å². The standard InChI is InChI=1S/C19H26N4O3/c1-2-3-8-22-17(25)16-9-15(24)11-23(16)19(18(22)26)12-21(13-19)10-14-4-6-20-7-5-14/h4-7,15-16,24H,2-3,8-13H2,1H3. The first-order valence-corrected chi connectivity index (χ1v) is 9.47. The zero-order valence-electron chi connectivity index (χ0n) is 15.2. The number of piperazine rings is 1. The Morgan fingerprint density at radius 2 is 2.00 bits per heavy atom. The van der Waals surface area contributed by atoms with Crippen LogP contribution in [0.5, 0.6) is 0 Å². The van der Waals surface area contributed by atoms with E-state index in [1.54, 1.807) is 12.4 Å². The molecule has 1 N–H and O–H groups in total. The lowest BCUT2D eigenvalue weighted by Crippen LogP contribution is -2.81. The van der Waals surface area contributed by atoms with Crippen molar-refractivity contribution in [2.45, 2.75) is 50.4 Å². The summed E-state index contributed by atoms with van der Waals surface area (Å²) < 4.78 is 0. The molecule has 0 aliphatic carbocycles. The molecule has 0 bridgehead atoms. The molecule has 0 saturated carbocycles. The summed E-state index contributed by atoms with van der Waals surface area (Å²) in [5.41, 5.74) is 0.506. The largest absolute Gasteiger partial charge is 0.392 e. The van der Waals surface area contributed by atoms with E-state index in [0.717, 1.165) is 24.9 Å². The number of hydrogen-bond donors (Lipinski definition) is 1. The second-order valence-corrected chi connectivity index (χ2v) is 7.74. The smallest absolute Gasteiger partial charge is 0.252 e. The molecule has 3 fully saturated rings. The number of aliphatic hydroxyl groups excluding tert-OH is 1. The van der Waals surface area contributed by atoms with Gasteiger partial charge in [-0.15, -0.1) is 0 Å². The second-order valence-electron chi connectivity index (χ2n) is 7.74. The predicted octanol–water partition coefficient (Wildman–Crippen LogP) is 0.240. The zero-order valence-corrected chi connectivity index (χ0v) is 15.2. The number of rotatable bonds is 5. The summed E-state index contributed by atoms with van der Waals surface area (Å²) in [6.45, 7) is 4.93. The molecule has 3 aliphatic rings. The van der Waals surface area contributed by atoms with Gasteiger partial charge in [-0.05, 0) is 30.5 Å². The summed E-state index contributed by atoms with van der Waals surface area (Å²) in [6.07, 6.45) is 5.21. The lowest BCUT2D eigenvalue weighted by Gasteiger charge is -2.58. The van der Waals surface area contributed by atoms with Gasteiger partial charge in [0.25, 0.3) is 5.91 Å². The first-order chi connectivity index (χ1) is 12.5. The maximum absolute atomic E-state index is 13.2. The van der Waals surface area contributed by atoms with Crippen LogP contribution in [-0.4, -0.2) is 80.5 Å². The Bertz CT molecular complexity index is 689. The number of pyridine rings is 1. The number of hydrogen-bond acceptors (Lipinski definition) is 6. The van der Waals surface area contributed by atoms with Crippen LogP contribution in [0.3, 0.4) is 0 Å². The van der Waals surface area contributed by atoms with Crippen molar-refractivity contribution >= 4 is 11.8 Å². The molecule has 2 unspecified atom stereocenters. The van der Waals surface area contributed by atoms with E-state index in [0.29, 0.717) is 32.6 Å². The van der Waals surface area contributed by atoms with E-state index in [-0.39, 0.29) is 17.9 Å². The van der Waals surface area contributed by atoms with Crippen LogP contribution in [0.2, 0.25) is 0 Å². The van der Waals surface area contributed by atoms with Crippen molar-refractivity contribution in [2.75, 3.05) is 26.2 Å². The highest BCUT2D eigenvalue weighted by atomic mass is 16.3. The van der Waals surface area contributed by atoms with Crippen molar-refractivity contribution in [3.8, 4) is 0 Å². The molecule has 7 nitrogen and oxygen atoms in total. The van der Waals surface area contributed by atoms with Gasteiger partial charge in [0.1, 0.15) is 5.54 Å². The maximum atomic E-state index is 13.2. The number of imide groups is 1. The Hall–Kier alpha value is -1.83. The van der Waals surface area contributed by atoms with Gasteiger partial charge < -0.3 is 5.11 Å². The van der Waals surface area contributed by atoms with Crippen LogP contribution in [0.25, 0.3) is 0 Å². The number of aliphatic hydroxyl groups is 1. The van der Waals surface area contributed by atoms with E-state index >= 15 is 0 Å². The van der Waals surface area contributed by atoms with E-state index in [2.05, 4.69) is 16.8 Å². The quantitative estimate of drug-likeness (QED) is 0.760. The Kier molecular flexibility index (Phi) is 4.54. The van der Waals surface area contributed by atoms with Gasteiger partial charge >= 0.3 is 0 Å². The van der Waals surface area contributed by atoms with Crippen LogP contribution in [0.15, 0.2) is 24.5 Å². The highest BCUT2D eigenvalue weighted by molar-refractivity contribution is 6.06. The Labute approximate surface area is 153 Å². The molecular formula is C19H26N4O3. The number of aromatic nitrogens is 1. The third-order valence-corrected chi connectivity index (χ3v) is 5.88. The number of nitrogens with zero attached hydrogens (tertiary/aromatic N) is 4. The van der Waals surface area contributed by atoms with Gasteiger partial charge in [0.05, 0.1) is 12.1 Å². The van der Waals surface area contributed by atoms with Crippen molar-refractivity contribution in [1.29, 1.82) is 0 Å². The lowest BCUT2D eigenvalue weighted by atomic mass is 9.82. The number of amides is 2. The fraction of sp³-hybridized carbons (Fsp3) is 0.632. The molecule has 3 saturated heterocycles. The van der Waals surface area contributed by atoms with Crippen molar-refractivity contribution < 1.29 is 14.7 Å². The fourth-order valence-electron chi connectivity index (χ4n) is 4.57. The van der Waals surface area contributed by atoms with E-state index in [9.17, 15) is 14.7 Å². The number of fused-ring (bicyclic) bond motifs is 2. The third kappa shape index (κ3) is 2.74. The van der Waals surface area contributed by atoms with Gasteiger partial charge in [-0.3, -0.25) is 29.3 Å². The molecule has 3 aliphatic heterocycles. The molecule has 2 atom stereocenters.